The van der Waals surface area contributed by atoms with Crippen LogP contribution in [0.3, 0.4) is 0 Å². The highest BCUT2D eigenvalue weighted by molar-refractivity contribution is 5.92. The SMILES string of the molecule is NNC(=O)c1occc1Cn1cccc([N+](=O)[O-])c1=O. The van der Waals surface area contributed by atoms with E-state index in [1.807, 2.05) is 5.43 Å². The lowest BCUT2D eigenvalue weighted by Gasteiger charge is -2.05. The summed E-state index contributed by atoms with van der Waals surface area (Å²) in [5, 5.41) is 10.7. The zero-order valence-electron chi connectivity index (χ0n) is 10.1. The number of hydrazine groups is 1. The van der Waals surface area contributed by atoms with E-state index in [0.29, 0.717) is 5.56 Å². The van der Waals surface area contributed by atoms with Crippen LogP contribution in [-0.4, -0.2) is 15.4 Å². The van der Waals surface area contributed by atoms with Gasteiger partial charge < -0.3 is 8.98 Å². The Morgan fingerprint density at radius 3 is 2.90 bits per heavy atom. The number of hydrogen-bond acceptors (Lipinski definition) is 6. The molecule has 2 aromatic heterocycles. The van der Waals surface area contributed by atoms with Crippen LogP contribution in [0.2, 0.25) is 0 Å². The lowest BCUT2D eigenvalue weighted by Crippen LogP contribution is -2.31. The standard InChI is InChI=1S/C11H10N4O5/c12-13-10(16)9-7(3-5-20-9)6-14-4-1-2-8(11(14)17)15(18)19/h1-5H,6,12H2,(H,13,16). The van der Waals surface area contributed by atoms with Crippen molar-refractivity contribution in [2.75, 3.05) is 0 Å². The van der Waals surface area contributed by atoms with Crippen LogP contribution in [0, 0.1) is 10.1 Å². The number of aromatic nitrogens is 1. The van der Waals surface area contributed by atoms with Gasteiger partial charge in [0.15, 0.2) is 5.76 Å². The van der Waals surface area contributed by atoms with E-state index < -0.39 is 22.1 Å². The van der Waals surface area contributed by atoms with Gasteiger partial charge in [0, 0.05) is 17.8 Å². The Morgan fingerprint density at radius 1 is 1.50 bits per heavy atom. The van der Waals surface area contributed by atoms with Crippen molar-refractivity contribution in [2.24, 2.45) is 5.84 Å². The largest absolute Gasteiger partial charge is 0.459 e. The number of nitro groups is 1. The van der Waals surface area contributed by atoms with Crippen molar-refractivity contribution in [3.8, 4) is 0 Å². The number of nitrogens with two attached hydrogens (primary N) is 1. The zero-order valence-corrected chi connectivity index (χ0v) is 10.1. The van der Waals surface area contributed by atoms with E-state index in [2.05, 4.69) is 0 Å². The molecule has 0 aliphatic heterocycles. The van der Waals surface area contributed by atoms with Gasteiger partial charge in [-0.05, 0) is 12.1 Å². The molecular weight excluding hydrogens is 268 g/mol. The number of hydrogen-bond donors (Lipinski definition) is 2. The van der Waals surface area contributed by atoms with E-state index >= 15 is 0 Å². The first kappa shape index (κ1) is 13.5. The fourth-order valence-corrected chi connectivity index (χ4v) is 1.70. The average molecular weight is 278 g/mol. The van der Waals surface area contributed by atoms with E-state index in [0.717, 1.165) is 10.6 Å². The highest BCUT2D eigenvalue weighted by Crippen LogP contribution is 2.12. The number of nitrogen functional groups attached to an aromatic ring is 1. The fraction of sp³-hybridized carbons (Fsp3) is 0.0909. The summed E-state index contributed by atoms with van der Waals surface area (Å²) in [4.78, 5) is 33.2. The maximum atomic E-state index is 11.9. The molecule has 2 heterocycles. The maximum Gasteiger partial charge on any atom is 0.334 e. The van der Waals surface area contributed by atoms with Gasteiger partial charge in [-0.25, -0.2) is 5.84 Å². The third-order valence-corrected chi connectivity index (χ3v) is 2.62. The van der Waals surface area contributed by atoms with Gasteiger partial charge >= 0.3 is 17.2 Å². The van der Waals surface area contributed by atoms with Crippen LogP contribution in [0.1, 0.15) is 16.1 Å². The van der Waals surface area contributed by atoms with Crippen LogP contribution in [0.5, 0.6) is 0 Å². The maximum absolute atomic E-state index is 11.9. The first-order valence-corrected chi connectivity index (χ1v) is 5.45. The molecule has 0 saturated heterocycles. The predicted molar refractivity (Wildman–Crippen MR) is 66.8 cm³/mol. The van der Waals surface area contributed by atoms with Crippen LogP contribution in [0.4, 0.5) is 5.69 Å². The zero-order chi connectivity index (χ0) is 14.7. The van der Waals surface area contributed by atoms with Crippen LogP contribution in [0.25, 0.3) is 0 Å². The Balaban J connectivity index is 2.39. The second kappa shape index (κ2) is 5.36. The van der Waals surface area contributed by atoms with Crippen molar-refractivity contribution < 1.29 is 14.1 Å². The van der Waals surface area contributed by atoms with Crippen LogP contribution in [0.15, 0.2) is 39.9 Å². The number of pyridine rings is 1. The summed E-state index contributed by atoms with van der Waals surface area (Å²) in [5.41, 5.74) is 0.987. The Labute approximate surface area is 111 Å². The van der Waals surface area contributed by atoms with Crippen molar-refractivity contribution in [1.29, 1.82) is 0 Å². The van der Waals surface area contributed by atoms with Gasteiger partial charge in [-0.1, -0.05) is 0 Å². The van der Waals surface area contributed by atoms with Gasteiger partial charge in [0.25, 0.3) is 0 Å². The highest BCUT2D eigenvalue weighted by atomic mass is 16.6. The Hall–Kier alpha value is -2.94. The highest BCUT2D eigenvalue weighted by Gasteiger charge is 2.18. The number of nitrogens with zero attached hydrogens (tertiary/aromatic N) is 2. The molecule has 0 fully saturated rings. The third kappa shape index (κ3) is 2.42. The number of rotatable bonds is 4. The smallest absolute Gasteiger partial charge is 0.334 e. The van der Waals surface area contributed by atoms with Crippen molar-refractivity contribution in [3.05, 3.63) is 62.5 Å². The predicted octanol–water partition coefficient (Wildman–Crippen LogP) is 0.00130. The van der Waals surface area contributed by atoms with Gasteiger partial charge in [0.1, 0.15) is 0 Å². The number of nitrogens with one attached hydrogen (secondary N) is 1. The van der Waals surface area contributed by atoms with Crippen LogP contribution < -0.4 is 16.8 Å². The van der Waals surface area contributed by atoms with E-state index in [9.17, 15) is 19.7 Å². The first-order chi connectivity index (χ1) is 9.54. The van der Waals surface area contributed by atoms with E-state index in [-0.39, 0.29) is 12.3 Å². The molecule has 9 nitrogen and oxygen atoms in total. The van der Waals surface area contributed by atoms with E-state index in [4.69, 9.17) is 10.3 Å². The molecule has 104 valence electrons. The first-order valence-electron chi connectivity index (χ1n) is 5.45. The molecule has 1 amide bonds. The fourth-order valence-electron chi connectivity index (χ4n) is 1.70. The summed E-state index contributed by atoms with van der Waals surface area (Å²) in [6, 6.07) is 3.97. The number of furan rings is 1. The van der Waals surface area contributed by atoms with E-state index in [1.54, 1.807) is 0 Å². The minimum atomic E-state index is -0.766. The molecule has 0 atom stereocenters. The molecule has 20 heavy (non-hydrogen) atoms. The summed E-state index contributed by atoms with van der Waals surface area (Å²) in [6.07, 6.45) is 2.65. The number of carbonyl (C=O) groups excluding carboxylic acids is 1. The molecule has 0 radical (unpaired) electrons. The summed E-state index contributed by atoms with van der Waals surface area (Å²) in [5.74, 6) is 4.30. The normalized spacial score (nSPS) is 10.2. The summed E-state index contributed by atoms with van der Waals surface area (Å²) < 4.78 is 6.07. The minimum Gasteiger partial charge on any atom is -0.459 e. The molecule has 2 aromatic rings. The Kier molecular flexibility index (Phi) is 3.62. The molecule has 0 unspecified atom stereocenters. The molecular formula is C11H10N4O5. The number of carbonyl (C=O) groups is 1. The van der Waals surface area contributed by atoms with Gasteiger partial charge in [-0.3, -0.25) is 25.1 Å². The number of amides is 1. The van der Waals surface area contributed by atoms with Gasteiger partial charge in [0.05, 0.1) is 17.7 Å². The molecule has 9 heteroatoms. The molecule has 0 aromatic carbocycles. The molecule has 0 bridgehead atoms. The monoisotopic (exact) mass is 278 g/mol. The molecule has 0 saturated carbocycles. The second-order valence-corrected chi connectivity index (χ2v) is 3.83. The third-order valence-electron chi connectivity index (χ3n) is 2.62. The topological polar surface area (TPSA) is 133 Å². The van der Waals surface area contributed by atoms with E-state index in [1.165, 1.54) is 24.6 Å². The lowest BCUT2D eigenvalue weighted by molar-refractivity contribution is -0.386. The molecule has 2 rings (SSSR count). The Morgan fingerprint density at radius 2 is 2.25 bits per heavy atom. The minimum absolute atomic E-state index is 0.0419. The lowest BCUT2D eigenvalue weighted by atomic mass is 10.2. The van der Waals surface area contributed by atoms with Crippen LogP contribution >= 0.6 is 0 Å². The van der Waals surface area contributed by atoms with Crippen LogP contribution in [-0.2, 0) is 6.54 Å². The Bertz CT molecular complexity index is 718. The molecule has 0 aliphatic rings. The second-order valence-electron chi connectivity index (χ2n) is 3.83. The summed E-state index contributed by atoms with van der Waals surface area (Å²) in [7, 11) is 0. The molecule has 3 N–H and O–H groups in total. The van der Waals surface area contributed by atoms with Crippen molar-refractivity contribution in [3.63, 3.8) is 0 Å². The van der Waals surface area contributed by atoms with Crippen molar-refractivity contribution in [1.82, 2.24) is 9.99 Å². The van der Waals surface area contributed by atoms with Gasteiger partial charge in [0.2, 0.25) is 0 Å². The van der Waals surface area contributed by atoms with Gasteiger partial charge in [-0.2, -0.15) is 0 Å². The van der Waals surface area contributed by atoms with Gasteiger partial charge in [-0.15, -0.1) is 0 Å². The van der Waals surface area contributed by atoms with Crippen molar-refractivity contribution in [2.45, 2.75) is 6.54 Å². The van der Waals surface area contributed by atoms with Crippen molar-refractivity contribution >= 4 is 11.6 Å². The quantitative estimate of drug-likeness (QED) is 0.350. The molecule has 0 aliphatic carbocycles. The average Bonchev–Trinajstić information content (AvgIpc) is 2.88. The summed E-state index contributed by atoms with van der Waals surface area (Å²) in [6.45, 7) is -0.0419. The molecule has 0 spiro atoms. The summed E-state index contributed by atoms with van der Waals surface area (Å²) >= 11 is 0.